The average molecular weight is 536 g/mol. The molecular weight excluding hydrogens is 498 g/mol. The lowest BCUT2D eigenvalue weighted by Crippen LogP contribution is -2.53. The normalized spacial score (nSPS) is 12.6. The number of rotatable bonds is 11. The first-order chi connectivity index (χ1) is 16.7. The SMILES string of the molecule is Cc1c(Cl)cccc1N(CCCC(=O)N(CCc1ccccc1)C(C)C(=O)NC(C)(C)C)S(C)(=O)=O. The molecule has 2 aromatic rings. The standard InChI is InChI=1S/C27H38ClN3O4S/c1-20-23(28)14-10-15-24(20)31(36(6,34)35)18-11-16-25(32)30(19-17-22-12-8-7-9-13-22)21(2)26(33)29-27(3,4)5/h7-10,12-15,21H,11,16-19H2,1-6H3,(H,29,33). The fourth-order valence-corrected chi connectivity index (χ4v) is 5.08. The molecule has 0 saturated heterocycles. The molecule has 36 heavy (non-hydrogen) atoms. The number of anilines is 1. The maximum atomic E-state index is 13.3. The van der Waals surface area contributed by atoms with Crippen molar-refractivity contribution >= 4 is 39.1 Å². The minimum Gasteiger partial charge on any atom is -0.350 e. The van der Waals surface area contributed by atoms with E-state index >= 15 is 0 Å². The molecule has 2 amide bonds. The first-order valence-electron chi connectivity index (χ1n) is 12.1. The molecule has 9 heteroatoms. The minimum absolute atomic E-state index is 0.105. The molecule has 0 bridgehead atoms. The highest BCUT2D eigenvalue weighted by Crippen LogP contribution is 2.28. The zero-order valence-corrected chi connectivity index (χ0v) is 23.6. The number of halogens is 1. The van der Waals surface area contributed by atoms with Gasteiger partial charge in [0.25, 0.3) is 0 Å². The van der Waals surface area contributed by atoms with Gasteiger partial charge in [-0.1, -0.05) is 48.0 Å². The summed E-state index contributed by atoms with van der Waals surface area (Å²) in [6, 6.07) is 14.2. The van der Waals surface area contributed by atoms with E-state index in [1.165, 1.54) is 4.31 Å². The molecule has 0 fully saturated rings. The molecule has 198 valence electrons. The molecule has 0 aliphatic carbocycles. The molecule has 1 N–H and O–H groups in total. The molecule has 2 aromatic carbocycles. The van der Waals surface area contributed by atoms with Crippen LogP contribution in [0.5, 0.6) is 0 Å². The summed E-state index contributed by atoms with van der Waals surface area (Å²) in [5.41, 5.74) is 1.80. The van der Waals surface area contributed by atoms with Crippen molar-refractivity contribution in [1.29, 1.82) is 0 Å². The second-order valence-corrected chi connectivity index (χ2v) is 12.4. The molecular formula is C27H38ClN3O4S. The number of carbonyl (C=O) groups excluding carboxylic acids is 2. The van der Waals surface area contributed by atoms with Crippen LogP contribution in [-0.2, 0) is 26.0 Å². The van der Waals surface area contributed by atoms with Crippen LogP contribution < -0.4 is 9.62 Å². The summed E-state index contributed by atoms with van der Waals surface area (Å²) in [6.45, 7) is 9.68. The number of nitrogens with zero attached hydrogens (tertiary/aromatic N) is 2. The summed E-state index contributed by atoms with van der Waals surface area (Å²) in [5.74, 6) is -0.421. The van der Waals surface area contributed by atoms with Crippen LogP contribution >= 0.6 is 11.6 Å². The summed E-state index contributed by atoms with van der Waals surface area (Å²) in [6.07, 6.45) is 2.15. The Labute approximate surface area is 220 Å². The molecule has 0 spiro atoms. The van der Waals surface area contributed by atoms with Gasteiger partial charge in [-0.2, -0.15) is 0 Å². The molecule has 1 atom stereocenters. The van der Waals surface area contributed by atoms with Crippen molar-refractivity contribution in [3.05, 3.63) is 64.7 Å². The van der Waals surface area contributed by atoms with Crippen molar-refractivity contribution in [1.82, 2.24) is 10.2 Å². The zero-order valence-electron chi connectivity index (χ0n) is 22.0. The highest BCUT2D eigenvalue weighted by molar-refractivity contribution is 7.92. The maximum Gasteiger partial charge on any atom is 0.242 e. The summed E-state index contributed by atoms with van der Waals surface area (Å²) in [7, 11) is -3.59. The van der Waals surface area contributed by atoms with Gasteiger partial charge in [-0.05, 0) is 70.7 Å². The highest BCUT2D eigenvalue weighted by atomic mass is 35.5. The van der Waals surface area contributed by atoms with Crippen LogP contribution in [0, 0.1) is 6.92 Å². The quantitative estimate of drug-likeness (QED) is 0.456. The average Bonchev–Trinajstić information content (AvgIpc) is 2.77. The second kappa shape index (κ2) is 12.6. The van der Waals surface area contributed by atoms with Crippen LogP contribution in [0.1, 0.15) is 51.7 Å². The van der Waals surface area contributed by atoms with Gasteiger partial charge in [0.1, 0.15) is 6.04 Å². The Morgan fingerprint density at radius 2 is 1.67 bits per heavy atom. The molecule has 7 nitrogen and oxygen atoms in total. The summed E-state index contributed by atoms with van der Waals surface area (Å²) < 4.78 is 26.3. The van der Waals surface area contributed by atoms with Crippen molar-refractivity contribution in [2.45, 2.75) is 65.5 Å². The summed E-state index contributed by atoms with van der Waals surface area (Å²) in [4.78, 5) is 27.8. The van der Waals surface area contributed by atoms with Crippen LogP contribution in [0.15, 0.2) is 48.5 Å². The van der Waals surface area contributed by atoms with Gasteiger partial charge in [0.15, 0.2) is 0 Å². The first-order valence-corrected chi connectivity index (χ1v) is 14.3. The van der Waals surface area contributed by atoms with E-state index in [0.717, 1.165) is 11.8 Å². The highest BCUT2D eigenvalue weighted by Gasteiger charge is 2.28. The molecule has 0 aromatic heterocycles. The Morgan fingerprint density at radius 3 is 2.25 bits per heavy atom. The summed E-state index contributed by atoms with van der Waals surface area (Å²) >= 11 is 6.21. The van der Waals surface area contributed by atoms with Crippen molar-refractivity contribution < 1.29 is 18.0 Å². The Hall–Kier alpha value is -2.58. The Morgan fingerprint density at radius 1 is 1.03 bits per heavy atom. The van der Waals surface area contributed by atoms with E-state index in [1.54, 1.807) is 36.9 Å². The topological polar surface area (TPSA) is 86.8 Å². The van der Waals surface area contributed by atoms with Gasteiger partial charge in [-0.15, -0.1) is 0 Å². The Kier molecular flexibility index (Phi) is 10.4. The largest absolute Gasteiger partial charge is 0.350 e. The van der Waals surface area contributed by atoms with Gasteiger partial charge in [0, 0.05) is 30.1 Å². The van der Waals surface area contributed by atoms with Gasteiger partial charge in [0.2, 0.25) is 21.8 Å². The number of nitrogens with one attached hydrogen (secondary N) is 1. The van der Waals surface area contributed by atoms with Gasteiger partial charge in [-0.3, -0.25) is 13.9 Å². The van der Waals surface area contributed by atoms with Crippen LogP contribution in [0.2, 0.25) is 5.02 Å². The second-order valence-electron chi connectivity index (χ2n) is 10.1. The number of hydrogen-bond acceptors (Lipinski definition) is 4. The van der Waals surface area contributed by atoms with Crippen LogP contribution in [0.4, 0.5) is 5.69 Å². The number of benzene rings is 2. The van der Waals surface area contributed by atoms with Crippen molar-refractivity contribution in [3.8, 4) is 0 Å². The molecule has 1 unspecified atom stereocenters. The van der Waals surface area contributed by atoms with Crippen LogP contribution in [-0.4, -0.2) is 56.1 Å². The van der Waals surface area contributed by atoms with E-state index in [-0.39, 0.29) is 24.8 Å². The summed E-state index contributed by atoms with van der Waals surface area (Å²) in [5, 5.41) is 3.42. The van der Waals surface area contributed by atoms with Crippen LogP contribution in [0.25, 0.3) is 0 Å². The predicted molar refractivity (Wildman–Crippen MR) is 147 cm³/mol. The Balaban J connectivity index is 2.16. The molecule has 2 rings (SSSR count). The van der Waals surface area contributed by atoms with E-state index in [9.17, 15) is 18.0 Å². The molecule has 0 heterocycles. The third kappa shape index (κ3) is 8.82. The van der Waals surface area contributed by atoms with Crippen molar-refractivity contribution in [2.24, 2.45) is 0 Å². The minimum atomic E-state index is -3.59. The van der Waals surface area contributed by atoms with Gasteiger partial charge in [0.05, 0.1) is 11.9 Å². The molecule has 0 radical (unpaired) electrons. The fourth-order valence-electron chi connectivity index (χ4n) is 3.89. The smallest absolute Gasteiger partial charge is 0.242 e. The molecule has 0 saturated carbocycles. The number of sulfonamides is 1. The predicted octanol–water partition coefficient (Wildman–Crippen LogP) is 4.57. The van der Waals surface area contributed by atoms with Crippen molar-refractivity contribution in [3.63, 3.8) is 0 Å². The fraction of sp³-hybridized carbons (Fsp3) is 0.481. The lowest BCUT2D eigenvalue weighted by Gasteiger charge is -2.32. The number of carbonyl (C=O) groups is 2. The van der Waals surface area contributed by atoms with Gasteiger partial charge in [-0.25, -0.2) is 8.42 Å². The Bertz CT molecular complexity index is 1150. The van der Waals surface area contributed by atoms with E-state index in [1.807, 2.05) is 51.1 Å². The zero-order chi connectivity index (χ0) is 27.1. The van der Waals surface area contributed by atoms with Gasteiger partial charge < -0.3 is 10.2 Å². The van der Waals surface area contributed by atoms with Crippen molar-refractivity contribution in [2.75, 3.05) is 23.7 Å². The third-order valence-corrected chi connectivity index (χ3v) is 7.40. The first kappa shape index (κ1) is 29.6. The third-order valence-electron chi connectivity index (χ3n) is 5.81. The lowest BCUT2D eigenvalue weighted by molar-refractivity contribution is -0.140. The molecule has 0 aliphatic rings. The van der Waals surface area contributed by atoms with E-state index in [4.69, 9.17) is 11.6 Å². The lowest BCUT2D eigenvalue weighted by atomic mass is 10.1. The molecule has 0 aliphatic heterocycles. The van der Waals surface area contributed by atoms with E-state index in [2.05, 4.69) is 5.32 Å². The number of amides is 2. The van der Waals surface area contributed by atoms with Gasteiger partial charge >= 0.3 is 0 Å². The van der Waals surface area contributed by atoms with E-state index < -0.39 is 21.6 Å². The monoisotopic (exact) mass is 535 g/mol. The maximum absolute atomic E-state index is 13.3. The number of hydrogen-bond donors (Lipinski definition) is 1. The van der Waals surface area contributed by atoms with E-state index in [0.29, 0.717) is 35.7 Å². The van der Waals surface area contributed by atoms with Crippen LogP contribution in [0.3, 0.4) is 0 Å².